The normalized spacial score (nSPS) is 10.3. The molecular formula is C14H14N2O2. The van der Waals surface area contributed by atoms with Crippen molar-refractivity contribution in [2.24, 2.45) is 12.8 Å². The lowest BCUT2D eigenvalue weighted by atomic mass is 10.0. The molecule has 0 aliphatic heterocycles. The van der Waals surface area contributed by atoms with Gasteiger partial charge in [-0.2, -0.15) is 0 Å². The molecular weight excluding hydrogens is 228 g/mol. The highest BCUT2D eigenvalue weighted by atomic mass is 16.2. The number of amides is 1. The first kappa shape index (κ1) is 12.1. The van der Waals surface area contributed by atoms with E-state index in [1.807, 2.05) is 37.3 Å². The quantitative estimate of drug-likeness (QED) is 0.866. The van der Waals surface area contributed by atoms with Crippen LogP contribution in [0.15, 0.2) is 41.3 Å². The van der Waals surface area contributed by atoms with E-state index >= 15 is 0 Å². The molecule has 4 nitrogen and oxygen atoms in total. The summed E-state index contributed by atoms with van der Waals surface area (Å²) in [5.74, 6) is -0.701. The smallest absolute Gasteiger partial charge is 0.254 e. The van der Waals surface area contributed by atoms with Gasteiger partial charge in [0.1, 0.15) is 5.56 Å². The van der Waals surface area contributed by atoms with Crippen LogP contribution < -0.4 is 11.2 Å². The molecule has 1 heterocycles. The minimum atomic E-state index is -0.701. The van der Waals surface area contributed by atoms with Crippen LogP contribution in [0.5, 0.6) is 0 Å². The van der Waals surface area contributed by atoms with Gasteiger partial charge in [0.25, 0.3) is 5.91 Å². The van der Waals surface area contributed by atoms with Crippen LogP contribution in [-0.2, 0) is 7.05 Å². The first-order chi connectivity index (χ1) is 8.52. The van der Waals surface area contributed by atoms with Gasteiger partial charge in [-0.1, -0.05) is 30.3 Å². The van der Waals surface area contributed by atoms with Crippen molar-refractivity contribution in [1.82, 2.24) is 4.57 Å². The highest BCUT2D eigenvalue weighted by Crippen LogP contribution is 2.19. The number of carbonyl (C=O) groups is 1. The molecule has 0 unspecified atom stereocenters. The maximum absolute atomic E-state index is 12.3. The summed E-state index contributed by atoms with van der Waals surface area (Å²) in [5, 5.41) is 0. The Morgan fingerprint density at radius 1 is 1.22 bits per heavy atom. The second-order valence-corrected chi connectivity index (χ2v) is 4.17. The van der Waals surface area contributed by atoms with Crippen molar-refractivity contribution in [3.05, 3.63) is 58.0 Å². The fourth-order valence-corrected chi connectivity index (χ4v) is 1.94. The molecule has 0 fully saturated rings. The predicted molar refractivity (Wildman–Crippen MR) is 70.4 cm³/mol. The van der Waals surface area contributed by atoms with Gasteiger partial charge < -0.3 is 10.3 Å². The summed E-state index contributed by atoms with van der Waals surface area (Å²) in [6.45, 7) is 1.84. The largest absolute Gasteiger partial charge is 0.365 e. The molecule has 0 aliphatic carbocycles. The molecule has 0 saturated carbocycles. The fraction of sp³-hybridized carbons (Fsp3) is 0.143. The zero-order chi connectivity index (χ0) is 13.3. The lowest BCUT2D eigenvalue weighted by Crippen LogP contribution is -2.25. The van der Waals surface area contributed by atoms with Gasteiger partial charge in [0, 0.05) is 24.5 Å². The Labute approximate surface area is 105 Å². The number of nitrogens with zero attached hydrogens (tertiary/aromatic N) is 1. The van der Waals surface area contributed by atoms with E-state index in [0.717, 1.165) is 11.3 Å². The minimum absolute atomic E-state index is 0.0157. The third kappa shape index (κ3) is 1.93. The number of primary amides is 1. The van der Waals surface area contributed by atoms with Crippen molar-refractivity contribution >= 4 is 5.91 Å². The Hall–Kier alpha value is -2.36. The van der Waals surface area contributed by atoms with Crippen LogP contribution in [0.1, 0.15) is 16.1 Å². The van der Waals surface area contributed by atoms with Crippen LogP contribution in [0.4, 0.5) is 0 Å². The highest BCUT2D eigenvalue weighted by Gasteiger charge is 2.15. The standard InChI is InChI=1S/C14H14N2O2/c1-9-12(10-6-4-3-5-7-10)13(17)11(14(15)18)8-16(9)2/h3-8H,1-2H3,(H2,15,18). The molecule has 18 heavy (non-hydrogen) atoms. The molecule has 0 aliphatic rings. The van der Waals surface area contributed by atoms with Crippen molar-refractivity contribution in [1.29, 1.82) is 0 Å². The number of hydrogen-bond acceptors (Lipinski definition) is 2. The maximum atomic E-state index is 12.3. The van der Waals surface area contributed by atoms with E-state index in [1.165, 1.54) is 6.20 Å². The number of aromatic nitrogens is 1. The molecule has 2 rings (SSSR count). The first-order valence-corrected chi connectivity index (χ1v) is 5.58. The summed E-state index contributed by atoms with van der Waals surface area (Å²) >= 11 is 0. The van der Waals surface area contributed by atoms with Gasteiger partial charge in [-0.15, -0.1) is 0 Å². The molecule has 1 aromatic carbocycles. The Kier molecular flexibility index (Phi) is 3.02. The van der Waals surface area contributed by atoms with Gasteiger partial charge in [-0.25, -0.2) is 0 Å². The van der Waals surface area contributed by atoms with Crippen molar-refractivity contribution in [2.45, 2.75) is 6.92 Å². The van der Waals surface area contributed by atoms with Crippen LogP contribution in [0.3, 0.4) is 0 Å². The molecule has 1 aromatic heterocycles. The lowest BCUT2D eigenvalue weighted by molar-refractivity contribution is 0.0998. The third-order valence-corrected chi connectivity index (χ3v) is 3.01. The summed E-state index contributed by atoms with van der Waals surface area (Å²) in [4.78, 5) is 23.5. The second-order valence-electron chi connectivity index (χ2n) is 4.17. The fourth-order valence-electron chi connectivity index (χ4n) is 1.94. The number of benzene rings is 1. The average molecular weight is 242 g/mol. The first-order valence-electron chi connectivity index (χ1n) is 5.58. The van der Waals surface area contributed by atoms with Crippen molar-refractivity contribution in [3.63, 3.8) is 0 Å². The SMILES string of the molecule is Cc1c(-c2ccccc2)c(=O)c(C(N)=O)cn1C. The van der Waals surface area contributed by atoms with Crippen molar-refractivity contribution in [2.75, 3.05) is 0 Å². The number of hydrogen-bond donors (Lipinski definition) is 1. The Morgan fingerprint density at radius 2 is 1.83 bits per heavy atom. The van der Waals surface area contributed by atoms with Gasteiger partial charge >= 0.3 is 0 Å². The van der Waals surface area contributed by atoms with E-state index in [4.69, 9.17) is 5.73 Å². The molecule has 0 atom stereocenters. The molecule has 2 aromatic rings. The third-order valence-electron chi connectivity index (χ3n) is 3.01. The van der Waals surface area contributed by atoms with E-state index in [0.29, 0.717) is 5.56 Å². The molecule has 92 valence electrons. The number of nitrogens with two attached hydrogens (primary N) is 1. The number of aryl methyl sites for hydroxylation is 1. The van der Waals surface area contributed by atoms with Crippen LogP contribution in [0.25, 0.3) is 11.1 Å². The summed E-state index contributed by atoms with van der Waals surface area (Å²) in [7, 11) is 1.79. The molecule has 0 spiro atoms. The van der Waals surface area contributed by atoms with Gasteiger partial charge in [-0.3, -0.25) is 9.59 Å². The molecule has 0 bridgehead atoms. The maximum Gasteiger partial charge on any atom is 0.254 e. The summed E-state index contributed by atoms with van der Waals surface area (Å²) < 4.78 is 1.74. The van der Waals surface area contributed by atoms with Crippen LogP contribution in [-0.4, -0.2) is 10.5 Å². The molecule has 0 saturated heterocycles. The zero-order valence-corrected chi connectivity index (χ0v) is 10.3. The predicted octanol–water partition coefficient (Wildman–Crippen LogP) is 1.46. The van der Waals surface area contributed by atoms with Gasteiger partial charge in [0.05, 0.1) is 0 Å². The monoisotopic (exact) mass is 242 g/mol. The summed E-state index contributed by atoms with van der Waals surface area (Å²) in [5.41, 5.74) is 7.04. The van der Waals surface area contributed by atoms with Gasteiger partial charge in [-0.05, 0) is 12.5 Å². The molecule has 0 radical (unpaired) electrons. The number of pyridine rings is 1. The van der Waals surface area contributed by atoms with E-state index in [1.54, 1.807) is 11.6 Å². The van der Waals surface area contributed by atoms with Crippen molar-refractivity contribution in [3.8, 4) is 11.1 Å². The van der Waals surface area contributed by atoms with Gasteiger partial charge in [0.15, 0.2) is 0 Å². The van der Waals surface area contributed by atoms with E-state index in [9.17, 15) is 9.59 Å². The molecule has 4 heteroatoms. The molecule has 2 N–H and O–H groups in total. The minimum Gasteiger partial charge on any atom is -0.365 e. The Bertz CT molecular complexity index is 657. The number of rotatable bonds is 2. The van der Waals surface area contributed by atoms with Gasteiger partial charge in [0.2, 0.25) is 5.43 Å². The van der Waals surface area contributed by atoms with Crippen molar-refractivity contribution < 1.29 is 4.79 Å². The molecule has 1 amide bonds. The lowest BCUT2D eigenvalue weighted by Gasteiger charge is -2.12. The van der Waals surface area contributed by atoms with Crippen LogP contribution in [0.2, 0.25) is 0 Å². The summed E-state index contributed by atoms with van der Waals surface area (Å²) in [6, 6.07) is 9.26. The Balaban J connectivity index is 2.82. The van der Waals surface area contributed by atoms with Crippen LogP contribution in [0, 0.1) is 6.92 Å². The van der Waals surface area contributed by atoms with E-state index in [2.05, 4.69) is 0 Å². The van der Waals surface area contributed by atoms with Crippen LogP contribution >= 0.6 is 0 Å². The highest BCUT2D eigenvalue weighted by molar-refractivity contribution is 5.93. The number of carbonyl (C=O) groups excluding carboxylic acids is 1. The second kappa shape index (κ2) is 4.49. The van der Waals surface area contributed by atoms with E-state index in [-0.39, 0.29) is 11.0 Å². The summed E-state index contributed by atoms with van der Waals surface area (Å²) in [6.07, 6.45) is 1.48. The van der Waals surface area contributed by atoms with E-state index < -0.39 is 5.91 Å². The topological polar surface area (TPSA) is 65.1 Å². The Morgan fingerprint density at radius 3 is 2.39 bits per heavy atom. The zero-order valence-electron chi connectivity index (χ0n) is 10.3. The average Bonchev–Trinajstić information content (AvgIpc) is 2.35.